The maximum absolute atomic E-state index is 11.9. The summed E-state index contributed by atoms with van der Waals surface area (Å²) in [5.74, 6) is -1.26. The van der Waals surface area contributed by atoms with Crippen molar-refractivity contribution in [1.29, 1.82) is 0 Å². The van der Waals surface area contributed by atoms with Crippen molar-refractivity contribution in [3.05, 3.63) is 46.5 Å². The van der Waals surface area contributed by atoms with Gasteiger partial charge in [0.2, 0.25) is 5.91 Å². The minimum absolute atomic E-state index is 0.0311. The first kappa shape index (κ1) is 16.6. The quantitative estimate of drug-likeness (QED) is 0.584. The number of thioether (sulfide) groups is 1. The second-order valence-corrected chi connectivity index (χ2v) is 6.97. The zero-order valence-corrected chi connectivity index (χ0v) is 13.8. The Morgan fingerprint density at radius 3 is 2.67 bits per heavy atom. The first-order valence-electron chi connectivity index (χ1n) is 7.86. The van der Waals surface area contributed by atoms with Gasteiger partial charge in [0, 0.05) is 17.0 Å². The van der Waals surface area contributed by atoms with Gasteiger partial charge in [-0.25, -0.2) is 4.79 Å². The van der Waals surface area contributed by atoms with Crippen molar-refractivity contribution in [2.75, 3.05) is 6.54 Å². The Morgan fingerprint density at radius 1 is 1.25 bits per heavy atom. The van der Waals surface area contributed by atoms with Gasteiger partial charge in [0.15, 0.2) is 0 Å². The van der Waals surface area contributed by atoms with Crippen molar-refractivity contribution in [2.24, 2.45) is 0 Å². The van der Waals surface area contributed by atoms with Gasteiger partial charge >= 0.3 is 5.97 Å². The standard InChI is InChI=1S/C17H18N2O4S/c20-13-10-14-19(13)15(17(22)23)12(24-14)8-4-5-9-18-16(21)11-6-2-1-3-7-11/h1-3,6-7,14H,4-5,8-10H2,(H,18,21)(H,22,23)/t14-/m0/s1. The summed E-state index contributed by atoms with van der Waals surface area (Å²) >= 11 is 1.48. The Morgan fingerprint density at radius 2 is 2.00 bits per heavy atom. The molecule has 2 aliphatic rings. The summed E-state index contributed by atoms with van der Waals surface area (Å²) in [6.07, 6.45) is 2.56. The molecule has 0 spiro atoms. The second kappa shape index (κ2) is 7.09. The molecule has 2 aliphatic heterocycles. The Bertz CT molecular complexity index is 702. The lowest BCUT2D eigenvalue weighted by molar-refractivity contribution is -0.145. The molecule has 0 radical (unpaired) electrons. The number of carbonyl (C=O) groups is 3. The SMILES string of the molecule is O=C(O)C1=C(CCCCNC(=O)c2ccccc2)S[C@H]2CC(=O)N12. The summed E-state index contributed by atoms with van der Waals surface area (Å²) in [7, 11) is 0. The number of unbranched alkanes of at least 4 members (excludes halogenated alkanes) is 1. The summed E-state index contributed by atoms with van der Waals surface area (Å²) in [5.41, 5.74) is 0.775. The summed E-state index contributed by atoms with van der Waals surface area (Å²) in [6.45, 7) is 0.542. The van der Waals surface area contributed by atoms with E-state index >= 15 is 0 Å². The summed E-state index contributed by atoms with van der Waals surface area (Å²) in [4.78, 5) is 36.9. The highest BCUT2D eigenvalue weighted by Gasteiger charge is 2.47. The number of hydrogen-bond acceptors (Lipinski definition) is 4. The normalized spacial score (nSPS) is 19.1. The molecule has 2 N–H and O–H groups in total. The van der Waals surface area contributed by atoms with Crippen LogP contribution >= 0.6 is 11.8 Å². The number of nitrogens with zero attached hydrogens (tertiary/aromatic N) is 1. The van der Waals surface area contributed by atoms with Crippen LogP contribution in [0.3, 0.4) is 0 Å². The van der Waals surface area contributed by atoms with Crippen molar-refractivity contribution in [3.63, 3.8) is 0 Å². The van der Waals surface area contributed by atoms with Crippen LogP contribution < -0.4 is 5.32 Å². The number of rotatable bonds is 7. The highest BCUT2D eigenvalue weighted by molar-refractivity contribution is 8.04. The first-order chi connectivity index (χ1) is 11.6. The molecule has 3 rings (SSSR count). The molecular weight excluding hydrogens is 328 g/mol. The topological polar surface area (TPSA) is 86.7 Å². The zero-order chi connectivity index (χ0) is 17.1. The lowest BCUT2D eigenvalue weighted by Crippen LogP contribution is -2.48. The van der Waals surface area contributed by atoms with Crippen molar-refractivity contribution in [1.82, 2.24) is 10.2 Å². The van der Waals surface area contributed by atoms with Crippen LogP contribution in [0, 0.1) is 0 Å². The fraction of sp³-hybridized carbons (Fsp3) is 0.353. The molecule has 0 unspecified atom stereocenters. The largest absolute Gasteiger partial charge is 0.477 e. The van der Waals surface area contributed by atoms with E-state index in [1.807, 2.05) is 18.2 Å². The Labute approximate surface area is 143 Å². The summed E-state index contributed by atoms with van der Waals surface area (Å²) in [6, 6.07) is 9.01. The van der Waals surface area contributed by atoms with Crippen LogP contribution in [0.2, 0.25) is 0 Å². The van der Waals surface area contributed by atoms with E-state index < -0.39 is 5.97 Å². The maximum Gasteiger partial charge on any atom is 0.353 e. The molecule has 1 atom stereocenters. The molecule has 1 aromatic rings. The predicted molar refractivity (Wildman–Crippen MR) is 90.1 cm³/mol. The van der Waals surface area contributed by atoms with Gasteiger partial charge in [0.1, 0.15) is 5.70 Å². The van der Waals surface area contributed by atoms with Gasteiger partial charge in [-0.15, -0.1) is 11.8 Å². The van der Waals surface area contributed by atoms with Crippen LogP contribution in [-0.4, -0.2) is 39.7 Å². The van der Waals surface area contributed by atoms with Crippen molar-refractivity contribution in [3.8, 4) is 0 Å². The van der Waals surface area contributed by atoms with Crippen LogP contribution in [0.5, 0.6) is 0 Å². The molecule has 7 heteroatoms. The Balaban J connectivity index is 1.45. The van der Waals surface area contributed by atoms with E-state index in [9.17, 15) is 19.5 Å². The molecule has 2 heterocycles. The van der Waals surface area contributed by atoms with E-state index in [1.54, 1.807) is 12.1 Å². The molecule has 0 bridgehead atoms. The third kappa shape index (κ3) is 3.31. The van der Waals surface area contributed by atoms with Gasteiger partial charge in [0.05, 0.1) is 11.8 Å². The lowest BCUT2D eigenvalue weighted by Gasteiger charge is -2.33. The molecule has 1 fully saturated rings. The van der Waals surface area contributed by atoms with Crippen molar-refractivity contribution >= 4 is 29.5 Å². The fourth-order valence-electron chi connectivity index (χ4n) is 2.81. The van der Waals surface area contributed by atoms with Gasteiger partial charge in [-0.1, -0.05) is 18.2 Å². The molecule has 1 aromatic carbocycles. The molecule has 0 aliphatic carbocycles. The number of allylic oxidation sites excluding steroid dienone is 1. The number of nitrogens with one attached hydrogen (secondary N) is 1. The monoisotopic (exact) mass is 346 g/mol. The predicted octanol–water partition coefficient (Wildman–Crippen LogP) is 2.19. The van der Waals surface area contributed by atoms with Crippen LogP contribution in [0.15, 0.2) is 40.9 Å². The average Bonchev–Trinajstić information content (AvgIpc) is 2.87. The van der Waals surface area contributed by atoms with Crippen molar-refractivity contribution in [2.45, 2.75) is 31.1 Å². The number of benzene rings is 1. The van der Waals surface area contributed by atoms with E-state index in [0.717, 1.165) is 17.7 Å². The molecular formula is C17H18N2O4S. The summed E-state index contributed by atoms with van der Waals surface area (Å²) < 4.78 is 0. The van der Waals surface area contributed by atoms with Crippen LogP contribution in [0.4, 0.5) is 0 Å². The van der Waals surface area contributed by atoms with E-state index in [4.69, 9.17) is 0 Å². The number of aliphatic carboxylic acids is 1. The zero-order valence-electron chi connectivity index (χ0n) is 13.0. The van der Waals surface area contributed by atoms with Crippen LogP contribution in [-0.2, 0) is 9.59 Å². The van der Waals surface area contributed by atoms with Crippen LogP contribution in [0.1, 0.15) is 36.0 Å². The fourth-order valence-corrected chi connectivity index (χ4v) is 4.25. The Kier molecular flexibility index (Phi) is 4.89. The summed E-state index contributed by atoms with van der Waals surface area (Å²) in [5, 5.41) is 12.1. The van der Waals surface area contributed by atoms with Gasteiger partial charge in [-0.2, -0.15) is 0 Å². The molecule has 6 nitrogen and oxygen atoms in total. The lowest BCUT2D eigenvalue weighted by atomic mass is 10.1. The number of hydrogen-bond donors (Lipinski definition) is 2. The van der Waals surface area contributed by atoms with Gasteiger partial charge in [-0.3, -0.25) is 14.5 Å². The van der Waals surface area contributed by atoms with E-state index in [0.29, 0.717) is 24.9 Å². The number of carbonyl (C=O) groups excluding carboxylic acids is 2. The van der Waals surface area contributed by atoms with E-state index in [-0.39, 0.29) is 22.9 Å². The maximum atomic E-state index is 11.9. The van der Waals surface area contributed by atoms with Crippen molar-refractivity contribution < 1.29 is 19.5 Å². The second-order valence-electron chi connectivity index (χ2n) is 5.70. The van der Waals surface area contributed by atoms with Gasteiger partial charge in [-0.05, 0) is 31.4 Å². The number of carboxylic acids is 1. The number of amides is 2. The highest BCUT2D eigenvalue weighted by Crippen LogP contribution is 2.47. The minimum Gasteiger partial charge on any atom is -0.477 e. The molecule has 0 aromatic heterocycles. The molecule has 2 amide bonds. The molecule has 0 saturated carbocycles. The third-order valence-electron chi connectivity index (χ3n) is 4.04. The van der Waals surface area contributed by atoms with Gasteiger partial charge in [0.25, 0.3) is 5.91 Å². The molecule has 24 heavy (non-hydrogen) atoms. The average molecular weight is 346 g/mol. The van der Waals surface area contributed by atoms with Crippen LogP contribution in [0.25, 0.3) is 0 Å². The van der Waals surface area contributed by atoms with E-state index in [1.165, 1.54) is 16.7 Å². The molecule has 126 valence electrons. The first-order valence-corrected chi connectivity index (χ1v) is 8.74. The minimum atomic E-state index is -1.04. The number of carboxylic acid groups (broad SMARTS) is 1. The van der Waals surface area contributed by atoms with E-state index in [2.05, 4.69) is 5.32 Å². The number of fused-ring (bicyclic) bond motifs is 1. The highest BCUT2D eigenvalue weighted by atomic mass is 32.2. The smallest absolute Gasteiger partial charge is 0.353 e. The Hall–Kier alpha value is -2.28. The van der Waals surface area contributed by atoms with Gasteiger partial charge < -0.3 is 10.4 Å². The number of β-lactam (4-membered cyclic amide) rings is 1. The molecule has 1 saturated heterocycles. The third-order valence-corrected chi connectivity index (χ3v) is 5.38.